The maximum atomic E-state index is 12.7. The minimum absolute atomic E-state index is 0. The highest BCUT2D eigenvalue weighted by atomic mass is 35.5. The van der Waals surface area contributed by atoms with Gasteiger partial charge in [-0.05, 0) is 26.8 Å². The van der Waals surface area contributed by atoms with Gasteiger partial charge in [-0.15, -0.1) is 24.8 Å². The fourth-order valence-electron chi connectivity index (χ4n) is 3.30. The average molecular weight is 312 g/mol. The Morgan fingerprint density at radius 2 is 1.84 bits per heavy atom. The van der Waals surface area contributed by atoms with E-state index in [4.69, 9.17) is 5.73 Å². The number of halogens is 2. The number of carbonyl (C=O) groups is 1. The zero-order valence-electron chi connectivity index (χ0n) is 11.9. The van der Waals surface area contributed by atoms with E-state index < -0.39 is 0 Å². The zero-order valence-corrected chi connectivity index (χ0v) is 13.6. The Kier molecular flexibility index (Phi) is 7.66. The third kappa shape index (κ3) is 3.75. The lowest BCUT2D eigenvalue weighted by atomic mass is 9.84. The largest absolute Gasteiger partial charge is 0.337 e. The van der Waals surface area contributed by atoms with Gasteiger partial charge in [0.25, 0.3) is 0 Å². The fourth-order valence-corrected chi connectivity index (χ4v) is 3.30. The molecule has 0 aromatic heterocycles. The predicted molar refractivity (Wildman–Crippen MR) is 83.1 cm³/mol. The minimum atomic E-state index is -0.232. The third-order valence-electron chi connectivity index (χ3n) is 4.50. The molecule has 1 unspecified atom stereocenters. The van der Waals surface area contributed by atoms with Crippen LogP contribution in [0.25, 0.3) is 0 Å². The molecule has 0 radical (unpaired) electrons. The quantitative estimate of drug-likeness (QED) is 0.841. The van der Waals surface area contributed by atoms with E-state index in [0.29, 0.717) is 18.5 Å². The molecule has 1 heterocycles. The van der Waals surface area contributed by atoms with Gasteiger partial charge >= 0.3 is 0 Å². The normalized spacial score (nSPS) is 26.5. The molecule has 4 nitrogen and oxygen atoms in total. The molecule has 114 valence electrons. The fraction of sp³-hybridized carbons (Fsp3) is 0.923. The van der Waals surface area contributed by atoms with E-state index in [1.54, 1.807) is 0 Å². The number of likely N-dealkylation sites (N-methyl/N-ethyl adjacent to an activating group) is 1. The summed E-state index contributed by atoms with van der Waals surface area (Å²) in [6.45, 7) is 5.49. The van der Waals surface area contributed by atoms with Gasteiger partial charge in [0.2, 0.25) is 5.91 Å². The second kappa shape index (κ2) is 7.67. The van der Waals surface area contributed by atoms with Crippen molar-refractivity contribution in [2.24, 2.45) is 11.1 Å². The predicted octanol–water partition coefficient (Wildman–Crippen LogP) is 1.51. The molecule has 1 amide bonds. The van der Waals surface area contributed by atoms with Gasteiger partial charge in [-0.3, -0.25) is 4.79 Å². The first-order valence-electron chi connectivity index (χ1n) is 6.79. The van der Waals surface area contributed by atoms with Gasteiger partial charge in [-0.1, -0.05) is 12.8 Å². The molecule has 1 aliphatic carbocycles. The maximum Gasteiger partial charge on any atom is 0.230 e. The van der Waals surface area contributed by atoms with Crippen molar-refractivity contribution in [3.05, 3.63) is 0 Å². The molecule has 1 atom stereocenters. The molecule has 0 aromatic carbocycles. The van der Waals surface area contributed by atoms with E-state index in [-0.39, 0.29) is 30.2 Å². The van der Waals surface area contributed by atoms with E-state index in [9.17, 15) is 4.79 Å². The van der Waals surface area contributed by atoms with E-state index in [2.05, 4.69) is 23.8 Å². The minimum Gasteiger partial charge on any atom is -0.337 e. The van der Waals surface area contributed by atoms with Crippen LogP contribution in [-0.2, 0) is 4.79 Å². The summed E-state index contributed by atoms with van der Waals surface area (Å²) < 4.78 is 0. The Bertz CT molecular complexity index is 296. The molecule has 1 aliphatic heterocycles. The third-order valence-corrected chi connectivity index (χ3v) is 4.50. The summed E-state index contributed by atoms with van der Waals surface area (Å²) in [7, 11) is 2.12. The van der Waals surface area contributed by atoms with Crippen molar-refractivity contribution in [2.75, 3.05) is 33.2 Å². The highest BCUT2D eigenvalue weighted by Crippen LogP contribution is 2.39. The summed E-state index contributed by atoms with van der Waals surface area (Å²) in [5, 5.41) is 0. The number of nitrogens with two attached hydrogens (primary N) is 1. The summed E-state index contributed by atoms with van der Waals surface area (Å²) in [4.78, 5) is 17.1. The zero-order chi connectivity index (χ0) is 12.5. The smallest absolute Gasteiger partial charge is 0.230 e. The molecule has 0 spiro atoms. The molecule has 19 heavy (non-hydrogen) atoms. The number of hydrogen-bond acceptors (Lipinski definition) is 3. The van der Waals surface area contributed by atoms with Crippen LogP contribution >= 0.6 is 24.8 Å². The Labute approximate surface area is 128 Å². The number of rotatable bonds is 2. The highest BCUT2D eigenvalue weighted by Gasteiger charge is 2.44. The lowest BCUT2D eigenvalue weighted by Gasteiger charge is -2.42. The summed E-state index contributed by atoms with van der Waals surface area (Å²) in [5.74, 6) is 0.318. The molecule has 2 fully saturated rings. The molecular formula is C13H27Cl2N3O. The van der Waals surface area contributed by atoms with E-state index in [1.165, 1.54) is 0 Å². The van der Waals surface area contributed by atoms with Crippen LogP contribution in [0, 0.1) is 5.41 Å². The standard InChI is InChI=1S/C13H25N3O.2ClH/c1-11-9-15(2)7-8-16(11)12(17)13(10-14)5-3-4-6-13;;/h11H,3-10,14H2,1-2H3;2*1H. The van der Waals surface area contributed by atoms with Crippen LogP contribution in [-0.4, -0.2) is 55.0 Å². The van der Waals surface area contributed by atoms with E-state index >= 15 is 0 Å². The van der Waals surface area contributed by atoms with Gasteiger partial charge in [0.1, 0.15) is 0 Å². The number of piperazine rings is 1. The van der Waals surface area contributed by atoms with Crippen molar-refractivity contribution >= 4 is 30.7 Å². The van der Waals surface area contributed by atoms with Gasteiger partial charge in [-0.2, -0.15) is 0 Å². The molecule has 1 saturated carbocycles. The van der Waals surface area contributed by atoms with Crippen LogP contribution < -0.4 is 5.73 Å². The lowest BCUT2D eigenvalue weighted by molar-refractivity contribution is -0.145. The lowest BCUT2D eigenvalue weighted by Crippen LogP contribution is -2.57. The van der Waals surface area contributed by atoms with Crippen molar-refractivity contribution in [1.29, 1.82) is 0 Å². The van der Waals surface area contributed by atoms with Crippen LogP contribution in [0.1, 0.15) is 32.6 Å². The number of amides is 1. The molecule has 1 saturated heterocycles. The van der Waals surface area contributed by atoms with Gasteiger partial charge in [0.05, 0.1) is 5.41 Å². The summed E-state index contributed by atoms with van der Waals surface area (Å²) in [5.41, 5.74) is 5.66. The highest BCUT2D eigenvalue weighted by molar-refractivity contribution is 5.85. The molecular weight excluding hydrogens is 285 g/mol. The van der Waals surface area contributed by atoms with Crippen molar-refractivity contribution in [2.45, 2.75) is 38.6 Å². The second-order valence-corrected chi connectivity index (χ2v) is 5.80. The van der Waals surface area contributed by atoms with Crippen LogP contribution in [0.5, 0.6) is 0 Å². The van der Waals surface area contributed by atoms with E-state index in [0.717, 1.165) is 45.3 Å². The van der Waals surface area contributed by atoms with E-state index in [1.807, 2.05) is 0 Å². The molecule has 6 heteroatoms. The number of hydrogen-bond donors (Lipinski definition) is 1. The van der Waals surface area contributed by atoms with Gasteiger partial charge in [0.15, 0.2) is 0 Å². The Morgan fingerprint density at radius 3 is 2.32 bits per heavy atom. The molecule has 2 N–H and O–H groups in total. The SMILES string of the molecule is CC1CN(C)CCN1C(=O)C1(CN)CCCC1.Cl.Cl. The van der Waals surface area contributed by atoms with Gasteiger partial charge < -0.3 is 15.5 Å². The second-order valence-electron chi connectivity index (χ2n) is 5.80. The summed E-state index contributed by atoms with van der Waals surface area (Å²) >= 11 is 0. The Balaban J connectivity index is 0.00000162. The Hall–Kier alpha value is -0.0300. The first kappa shape index (κ1) is 19.0. The monoisotopic (exact) mass is 311 g/mol. The first-order chi connectivity index (χ1) is 8.09. The van der Waals surface area contributed by atoms with Crippen molar-refractivity contribution < 1.29 is 4.79 Å². The number of nitrogens with zero attached hydrogens (tertiary/aromatic N) is 2. The van der Waals surface area contributed by atoms with Gasteiger partial charge in [0, 0.05) is 32.2 Å². The van der Waals surface area contributed by atoms with Crippen LogP contribution in [0.4, 0.5) is 0 Å². The molecule has 2 rings (SSSR count). The van der Waals surface area contributed by atoms with Crippen LogP contribution in [0.2, 0.25) is 0 Å². The Morgan fingerprint density at radius 1 is 1.26 bits per heavy atom. The first-order valence-corrected chi connectivity index (χ1v) is 6.79. The van der Waals surface area contributed by atoms with Crippen molar-refractivity contribution in [3.63, 3.8) is 0 Å². The average Bonchev–Trinajstić information content (AvgIpc) is 2.78. The number of carbonyl (C=O) groups excluding carboxylic acids is 1. The van der Waals surface area contributed by atoms with Gasteiger partial charge in [-0.25, -0.2) is 0 Å². The maximum absolute atomic E-state index is 12.7. The van der Waals surface area contributed by atoms with Crippen LogP contribution in [0.3, 0.4) is 0 Å². The van der Waals surface area contributed by atoms with Crippen molar-refractivity contribution in [3.8, 4) is 0 Å². The summed E-state index contributed by atoms with van der Waals surface area (Å²) in [6.07, 6.45) is 4.29. The molecule has 0 aromatic rings. The summed E-state index contributed by atoms with van der Waals surface area (Å²) in [6, 6.07) is 0.324. The molecule has 2 aliphatic rings. The van der Waals surface area contributed by atoms with Crippen LogP contribution in [0.15, 0.2) is 0 Å². The van der Waals surface area contributed by atoms with Crippen molar-refractivity contribution in [1.82, 2.24) is 9.80 Å². The molecule has 0 bridgehead atoms. The topological polar surface area (TPSA) is 49.6 Å².